The van der Waals surface area contributed by atoms with Gasteiger partial charge in [-0.15, -0.1) is 0 Å². The first kappa shape index (κ1) is 17.7. The third-order valence-electron chi connectivity index (χ3n) is 5.75. The highest BCUT2D eigenvalue weighted by molar-refractivity contribution is 6.10. The molecular weight excluding hydrogens is 341 g/mol. The van der Waals surface area contributed by atoms with Gasteiger partial charge < -0.3 is 14.4 Å². The molecule has 0 spiro atoms. The number of aromatic nitrogens is 1. The Kier molecular flexibility index (Phi) is 4.70. The second-order valence-corrected chi connectivity index (χ2v) is 7.35. The average Bonchev–Trinajstić information content (AvgIpc) is 2.94. The van der Waals surface area contributed by atoms with E-state index in [0.717, 1.165) is 54.0 Å². The van der Waals surface area contributed by atoms with Gasteiger partial charge in [0.2, 0.25) is 5.78 Å². The maximum atomic E-state index is 13.1. The summed E-state index contributed by atoms with van der Waals surface area (Å²) in [5.74, 6) is 0.00796. The fraction of sp³-hybridized carbons (Fsp3) is 0.318. The Hall–Kier alpha value is -2.66. The van der Waals surface area contributed by atoms with Gasteiger partial charge in [0.05, 0.1) is 31.7 Å². The number of quaternary nitrogens is 1. The highest BCUT2D eigenvalue weighted by Crippen LogP contribution is 2.24. The van der Waals surface area contributed by atoms with Gasteiger partial charge in [-0.1, -0.05) is 18.2 Å². The zero-order valence-corrected chi connectivity index (χ0v) is 15.8. The van der Waals surface area contributed by atoms with Gasteiger partial charge in [-0.05, 0) is 37.3 Å². The summed E-state index contributed by atoms with van der Waals surface area (Å²) >= 11 is 0. The van der Waals surface area contributed by atoms with E-state index in [1.165, 1.54) is 17.0 Å². The average molecular weight is 366 g/mol. The van der Waals surface area contributed by atoms with Crippen LogP contribution in [-0.4, -0.2) is 43.1 Å². The molecule has 4 nitrogen and oxygen atoms in total. The molecule has 1 aliphatic rings. The summed E-state index contributed by atoms with van der Waals surface area (Å²) in [6.45, 7) is 6.12. The van der Waals surface area contributed by atoms with Crippen molar-refractivity contribution in [2.45, 2.75) is 6.92 Å². The van der Waals surface area contributed by atoms with E-state index in [1.807, 2.05) is 44.3 Å². The molecule has 1 saturated heterocycles. The van der Waals surface area contributed by atoms with Crippen molar-refractivity contribution in [3.05, 3.63) is 65.6 Å². The van der Waals surface area contributed by atoms with Crippen molar-refractivity contribution in [2.75, 3.05) is 37.6 Å². The van der Waals surface area contributed by atoms with Crippen LogP contribution < -0.4 is 9.80 Å². The number of fused-ring (bicyclic) bond motifs is 1. The van der Waals surface area contributed by atoms with Crippen LogP contribution in [0.2, 0.25) is 0 Å². The summed E-state index contributed by atoms with van der Waals surface area (Å²) in [7, 11) is 2.02. The number of rotatable bonds is 4. The molecule has 1 N–H and O–H groups in total. The van der Waals surface area contributed by atoms with E-state index >= 15 is 0 Å². The highest BCUT2D eigenvalue weighted by Gasteiger charge is 2.26. The summed E-state index contributed by atoms with van der Waals surface area (Å²) in [6.07, 6.45) is 0. The highest BCUT2D eigenvalue weighted by atomic mass is 19.1. The number of nitrogens with zero attached hydrogens (tertiary/aromatic N) is 2. The van der Waals surface area contributed by atoms with Gasteiger partial charge in [0.1, 0.15) is 12.4 Å². The molecule has 140 valence electrons. The van der Waals surface area contributed by atoms with Crippen LogP contribution in [0.1, 0.15) is 16.1 Å². The number of hydrogen-bond donors (Lipinski definition) is 1. The number of nitrogens with one attached hydrogen (secondary N) is 1. The topological polar surface area (TPSA) is 29.7 Å². The van der Waals surface area contributed by atoms with E-state index in [1.54, 1.807) is 0 Å². The minimum absolute atomic E-state index is 0.209. The molecule has 1 aromatic heterocycles. The molecule has 1 aliphatic heterocycles. The molecule has 0 aliphatic carbocycles. The number of piperazine rings is 1. The summed E-state index contributed by atoms with van der Waals surface area (Å²) in [5, 5.41) is 1.05. The second kappa shape index (κ2) is 7.16. The Morgan fingerprint density at radius 1 is 1.07 bits per heavy atom. The van der Waals surface area contributed by atoms with Crippen molar-refractivity contribution in [1.82, 2.24) is 4.57 Å². The second-order valence-electron chi connectivity index (χ2n) is 7.35. The van der Waals surface area contributed by atoms with Crippen LogP contribution in [0.3, 0.4) is 0 Å². The molecule has 3 aromatic rings. The van der Waals surface area contributed by atoms with Crippen LogP contribution in [-0.2, 0) is 7.05 Å². The van der Waals surface area contributed by atoms with Gasteiger partial charge in [0.25, 0.3) is 0 Å². The number of para-hydroxylation sites is 1. The minimum Gasteiger partial charge on any atom is -0.360 e. The van der Waals surface area contributed by atoms with E-state index < -0.39 is 0 Å². The van der Waals surface area contributed by atoms with Gasteiger partial charge in [-0.3, -0.25) is 4.79 Å². The predicted octanol–water partition coefficient (Wildman–Crippen LogP) is 2.21. The minimum atomic E-state index is -0.209. The van der Waals surface area contributed by atoms with Crippen molar-refractivity contribution >= 4 is 22.4 Å². The lowest BCUT2D eigenvalue weighted by Gasteiger charge is -2.33. The fourth-order valence-corrected chi connectivity index (χ4v) is 4.10. The van der Waals surface area contributed by atoms with Gasteiger partial charge in [0.15, 0.2) is 0 Å². The summed E-state index contributed by atoms with van der Waals surface area (Å²) in [4.78, 5) is 16.6. The van der Waals surface area contributed by atoms with E-state index in [-0.39, 0.29) is 11.6 Å². The number of carbonyl (C=O) groups is 1. The maximum Gasteiger partial charge on any atom is 0.219 e. The lowest BCUT2D eigenvalue weighted by atomic mass is 10.1. The number of hydrogen-bond acceptors (Lipinski definition) is 2. The number of aryl methyl sites for hydroxylation is 1. The molecule has 0 bridgehead atoms. The Morgan fingerprint density at radius 2 is 1.74 bits per heavy atom. The largest absolute Gasteiger partial charge is 0.360 e. The third kappa shape index (κ3) is 3.35. The first-order valence-corrected chi connectivity index (χ1v) is 9.46. The van der Waals surface area contributed by atoms with Crippen molar-refractivity contribution < 1.29 is 14.1 Å². The van der Waals surface area contributed by atoms with Crippen LogP contribution in [0.4, 0.5) is 10.1 Å². The van der Waals surface area contributed by atoms with Crippen LogP contribution in [0.25, 0.3) is 10.9 Å². The quantitative estimate of drug-likeness (QED) is 0.718. The number of ketones is 1. The zero-order valence-electron chi connectivity index (χ0n) is 15.8. The molecular formula is C22H25FN3O+. The first-order chi connectivity index (χ1) is 13.0. The van der Waals surface area contributed by atoms with Gasteiger partial charge in [0, 0.05) is 29.3 Å². The van der Waals surface area contributed by atoms with E-state index in [4.69, 9.17) is 0 Å². The van der Waals surface area contributed by atoms with E-state index in [9.17, 15) is 9.18 Å². The van der Waals surface area contributed by atoms with Crippen LogP contribution in [0, 0.1) is 12.7 Å². The van der Waals surface area contributed by atoms with E-state index in [2.05, 4.69) is 15.5 Å². The molecule has 2 aromatic carbocycles. The monoisotopic (exact) mass is 366 g/mol. The molecule has 4 rings (SSSR count). The van der Waals surface area contributed by atoms with Crippen molar-refractivity contribution in [3.8, 4) is 0 Å². The Balaban J connectivity index is 1.44. The fourth-order valence-electron chi connectivity index (χ4n) is 4.10. The Morgan fingerprint density at radius 3 is 2.44 bits per heavy atom. The maximum absolute atomic E-state index is 13.1. The van der Waals surface area contributed by atoms with Crippen LogP contribution in [0.5, 0.6) is 0 Å². The molecule has 0 saturated carbocycles. The van der Waals surface area contributed by atoms with Crippen LogP contribution >= 0.6 is 0 Å². The lowest BCUT2D eigenvalue weighted by molar-refractivity contribution is -0.892. The number of benzene rings is 2. The Bertz CT molecular complexity index is 969. The van der Waals surface area contributed by atoms with E-state index in [0.29, 0.717) is 6.54 Å². The smallest absolute Gasteiger partial charge is 0.219 e. The van der Waals surface area contributed by atoms with Gasteiger partial charge in [-0.25, -0.2) is 4.39 Å². The summed E-state index contributed by atoms with van der Waals surface area (Å²) in [6, 6.07) is 14.8. The molecule has 0 unspecified atom stereocenters. The lowest BCUT2D eigenvalue weighted by Crippen LogP contribution is -3.15. The normalized spacial score (nSPS) is 15.4. The molecule has 0 atom stereocenters. The summed E-state index contributed by atoms with van der Waals surface area (Å²) < 4.78 is 15.2. The molecule has 2 heterocycles. The van der Waals surface area contributed by atoms with Gasteiger partial charge >= 0.3 is 0 Å². The number of halogens is 1. The summed E-state index contributed by atoms with van der Waals surface area (Å²) in [5.41, 5.74) is 4.05. The molecule has 27 heavy (non-hydrogen) atoms. The third-order valence-corrected chi connectivity index (χ3v) is 5.75. The van der Waals surface area contributed by atoms with Crippen LogP contribution in [0.15, 0.2) is 48.5 Å². The number of carbonyl (C=O) groups excluding carboxylic acids is 1. The predicted molar refractivity (Wildman–Crippen MR) is 106 cm³/mol. The van der Waals surface area contributed by atoms with Crippen molar-refractivity contribution in [2.24, 2.45) is 7.05 Å². The molecule has 5 heteroatoms. The first-order valence-electron chi connectivity index (χ1n) is 9.46. The Labute approximate surface area is 158 Å². The van der Waals surface area contributed by atoms with Crippen molar-refractivity contribution in [1.29, 1.82) is 0 Å². The zero-order chi connectivity index (χ0) is 19.0. The SMILES string of the molecule is Cc1c(C(=O)C[NH+]2CCN(c3ccc(F)cc3)CC2)c2ccccc2n1C. The van der Waals surface area contributed by atoms with Crippen molar-refractivity contribution in [3.63, 3.8) is 0 Å². The number of anilines is 1. The van der Waals surface area contributed by atoms with Gasteiger partial charge in [-0.2, -0.15) is 0 Å². The molecule has 0 radical (unpaired) electrons. The molecule has 1 fully saturated rings. The molecule has 0 amide bonds. The number of Topliss-reactive ketones (excluding diaryl/α,β-unsaturated/α-hetero) is 1. The standard InChI is InChI=1S/C22H24FN3O/c1-16-22(19-5-3-4-6-20(19)24(16)2)21(27)15-25-11-13-26(14-12-25)18-9-7-17(23)8-10-18/h3-10H,11-15H2,1-2H3/p+1.